The summed E-state index contributed by atoms with van der Waals surface area (Å²) in [6.45, 7) is 0. The van der Waals surface area contributed by atoms with Gasteiger partial charge in [-0.05, 0) is 6.07 Å². The smallest absolute Gasteiger partial charge is 0.366 e. The van der Waals surface area contributed by atoms with Crippen molar-refractivity contribution in [3.8, 4) is 17.3 Å². The molecule has 4 nitrogen and oxygen atoms in total. The molecule has 23 heavy (non-hydrogen) atoms. The SMILES string of the molecule is N#CCSc1nc(-c2ccccc2)c(C(F)(F)F)cc1C(N)=O. The highest BCUT2D eigenvalue weighted by Crippen LogP contribution is 2.38. The molecule has 0 spiro atoms. The summed E-state index contributed by atoms with van der Waals surface area (Å²) in [6.07, 6.45) is -4.69. The molecule has 0 fully saturated rings. The quantitative estimate of drug-likeness (QED) is 0.866. The Hall–Kier alpha value is -2.53. The zero-order chi connectivity index (χ0) is 17.0. The van der Waals surface area contributed by atoms with Crippen molar-refractivity contribution in [2.45, 2.75) is 11.2 Å². The van der Waals surface area contributed by atoms with Crippen LogP contribution < -0.4 is 5.73 Å². The van der Waals surface area contributed by atoms with Crippen LogP contribution in [0.25, 0.3) is 11.3 Å². The van der Waals surface area contributed by atoms with Crippen molar-refractivity contribution in [2.24, 2.45) is 5.73 Å². The number of halogens is 3. The molecule has 0 bridgehead atoms. The number of benzene rings is 1. The molecule has 0 aliphatic carbocycles. The number of carbonyl (C=O) groups is 1. The molecule has 1 aromatic carbocycles. The Kier molecular flexibility index (Phi) is 4.91. The Morgan fingerprint density at radius 2 is 1.96 bits per heavy atom. The van der Waals surface area contributed by atoms with E-state index in [2.05, 4.69) is 4.98 Å². The van der Waals surface area contributed by atoms with Gasteiger partial charge in [-0.25, -0.2) is 4.98 Å². The van der Waals surface area contributed by atoms with E-state index in [9.17, 15) is 18.0 Å². The minimum atomic E-state index is -4.69. The number of primary amides is 1. The van der Waals surface area contributed by atoms with E-state index in [4.69, 9.17) is 11.0 Å². The minimum Gasteiger partial charge on any atom is -0.366 e. The van der Waals surface area contributed by atoms with E-state index in [1.165, 1.54) is 12.1 Å². The molecule has 0 aliphatic rings. The summed E-state index contributed by atoms with van der Waals surface area (Å²) in [5, 5.41) is 8.64. The van der Waals surface area contributed by atoms with Gasteiger partial charge in [0.25, 0.3) is 5.91 Å². The summed E-state index contributed by atoms with van der Waals surface area (Å²) in [7, 11) is 0. The Labute approximate surface area is 134 Å². The maximum absolute atomic E-state index is 13.3. The number of nitriles is 1. The fourth-order valence-corrected chi connectivity index (χ4v) is 2.59. The molecule has 8 heteroatoms. The molecule has 0 radical (unpaired) electrons. The zero-order valence-corrected chi connectivity index (χ0v) is 12.4. The fourth-order valence-electron chi connectivity index (χ4n) is 1.92. The summed E-state index contributed by atoms with van der Waals surface area (Å²) in [5.74, 6) is -1.09. The standard InChI is InChI=1S/C15H10F3N3OS/c16-15(17,18)11-8-10(13(20)22)14(23-7-6-19)21-12(11)9-4-2-1-3-5-9/h1-5,8H,7H2,(H2,20,22). The van der Waals surface area contributed by atoms with Crippen LogP contribution in [-0.2, 0) is 6.18 Å². The molecule has 0 saturated carbocycles. The molecular formula is C15H10F3N3OS. The van der Waals surface area contributed by atoms with E-state index in [1.54, 1.807) is 18.2 Å². The third-order valence-corrected chi connectivity index (χ3v) is 3.74. The summed E-state index contributed by atoms with van der Waals surface area (Å²) in [5.41, 5.74) is 3.71. The first-order chi connectivity index (χ1) is 10.8. The van der Waals surface area contributed by atoms with Crippen LogP contribution in [0.4, 0.5) is 13.2 Å². The van der Waals surface area contributed by atoms with E-state index >= 15 is 0 Å². The second kappa shape index (κ2) is 6.71. The first-order valence-corrected chi connectivity index (χ1v) is 7.30. The van der Waals surface area contributed by atoms with Crippen LogP contribution in [0.2, 0.25) is 0 Å². The molecular weight excluding hydrogens is 327 g/mol. The molecule has 2 rings (SSSR count). The molecule has 0 saturated heterocycles. The number of alkyl halides is 3. The lowest BCUT2D eigenvalue weighted by Gasteiger charge is -2.15. The van der Waals surface area contributed by atoms with Gasteiger partial charge in [-0.1, -0.05) is 42.1 Å². The fraction of sp³-hybridized carbons (Fsp3) is 0.133. The van der Waals surface area contributed by atoms with Gasteiger partial charge in [0.15, 0.2) is 0 Å². The number of hydrogen-bond donors (Lipinski definition) is 1. The Balaban J connectivity index is 2.72. The molecule has 1 heterocycles. The number of thioether (sulfide) groups is 1. The van der Waals surface area contributed by atoms with Crippen LogP contribution in [0, 0.1) is 11.3 Å². The molecule has 0 atom stereocenters. The van der Waals surface area contributed by atoms with Gasteiger partial charge in [0.2, 0.25) is 0 Å². The van der Waals surface area contributed by atoms with Gasteiger partial charge >= 0.3 is 6.18 Å². The van der Waals surface area contributed by atoms with Gasteiger partial charge in [-0.3, -0.25) is 4.79 Å². The average Bonchev–Trinajstić information content (AvgIpc) is 2.51. The van der Waals surface area contributed by atoms with Gasteiger partial charge < -0.3 is 5.73 Å². The van der Waals surface area contributed by atoms with Crippen LogP contribution in [0.3, 0.4) is 0 Å². The summed E-state index contributed by atoms with van der Waals surface area (Å²) in [6, 6.07) is 10.3. The van der Waals surface area contributed by atoms with Gasteiger partial charge in [0.1, 0.15) is 5.03 Å². The lowest BCUT2D eigenvalue weighted by Crippen LogP contribution is -2.17. The molecule has 0 aliphatic heterocycles. The number of rotatable bonds is 4. The van der Waals surface area contributed by atoms with Crippen LogP contribution in [-0.4, -0.2) is 16.6 Å². The van der Waals surface area contributed by atoms with Crippen molar-refractivity contribution in [1.82, 2.24) is 4.98 Å². The van der Waals surface area contributed by atoms with E-state index in [0.29, 0.717) is 6.07 Å². The number of hydrogen-bond acceptors (Lipinski definition) is 4. The number of aromatic nitrogens is 1. The first-order valence-electron chi connectivity index (χ1n) is 6.31. The van der Waals surface area contributed by atoms with Crippen LogP contribution in [0.15, 0.2) is 41.4 Å². The van der Waals surface area contributed by atoms with Crippen LogP contribution in [0.1, 0.15) is 15.9 Å². The van der Waals surface area contributed by atoms with E-state index in [-0.39, 0.29) is 27.6 Å². The number of nitrogens with two attached hydrogens (primary N) is 1. The maximum Gasteiger partial charge on any atom is 0.418 e. The van der Waals surface area contributed by atoms with Crippen molar-refractivity contribution in [3.63, 3.8) is 0 Å². The van der Waals surface area contributed by atoms with Crippen molar-refractivity contribution in [2.75, 3.05) is 5.75 Å². The molecule has 118 valence electrons. The van der Waals surface area contributed by atoms with Crippen LogP contribution in [0.5, 0.6) is 0 Å². The van der Waals surface area contributed by atoms with E-state index in [0.717, 1.165) is 11.8 Å². The third kappa shape index (κ3) is 3.81. The topological polar surface area (TPSA) is 79.8 Å². The van der Waals surface area contributed by atoms with Gasteiger partial charge in [0.05, 0.1) is 28.6 Å². The van der Waals surface area contributed by atoms with E-state index in [1.807, 2.05) is 6.07 Å². The number of pyridine rings is 1. The lowest BCUT2D eigenvalue weighted by atomic mass is 10.0. The second-order valence-corrected chi connectivity index (χ2v) is 5.38. The Morgan fingerprint density at radius 1 is 1.30 bits per heavy atom. The van der Waals surface area contributed by atoms with Crippen molar-refractivity contribution >= 4 is 17.7 Å². The maximum atomic E-state index is 13.3. The molecule has 1 amide bonds. The Bertz CT molecular complexity index is 770. The minimum absolute atomic E-state index is 0.00547. The lowest BCUT2D eigenvalue weighted by molar-refractivity contribution is -0.137. The predicted octanol–water partition coefficient (Wildman–Crippen LogP) is 3.48. The molecule has 2 N–H and O–H groups in total. The number of amides is 1. The van der Waals surface area contributed by atoms with Crippen molar-refractivity contribution < 1.29 is 18.0 Å². The molecule has 1 aromatic heterocycles. The average molecular weight is 337 g/mol. The highest BCUT2D eigenvalue weighted by Gasteiger charge is 2.36. The van der Waals surface area contributed by atoms with Gasteiger partial charge in [-0.15, -0.1) is 0 Å². The van der Waals surface area contributed by atoms with Gasteiger partial charge in [0, 0.05) is 5.56 Å². The first kappa shape index (κ1) is 16.8. The highest BCUT2D eigenvalue weighted by atomic mass is 32.2. The number of nitrogens with zero attached hydrogens (tertiary/aromatic N) is 2. The normalized spacial score (nSPS) is 11.0. The summed E-state index contributed by atoms with van der Waals surface area (Å²) < 4.78 is 39.9. The van der Waals surface area contributed by atoms with Crippen LogP contribution >= 0.6 is 11.8 Å². The van der Waals surface area contributed by atoms with Crippen molar-refractivity contribution in [3.05, 3.63) is 47.5 Å². The molecule has 2 aromatic rings. The predicted molar refractivity (Wildman–Crippen MR) is 79.5 cm³/mol. The number of carbonyl (C=O) groups excluding carboxylic acids is 1. The Morgan fingerprint density at radius 3 is 2.48 bits per heavy atom. The van der Waals surface area contributed by atoms with E-state index < -0.39 is 17.6 Å². The largest absolute Gasteiger partial charge is 0.418 e. The zero-order valence-electron chi connectivity index (χ0n) is 11.6. The van der Waals surface area contributed by atoms with Crippen molar-refractivity contribution in [1.29, 1.82) is 5.26 Å². The van der Waals surface area contributed by atoms with Gasteiger partial charge in [-0.2, -0.15) is 18.4 Å². The second-order valence-electron chi connectivity index (χ2n) is 4.41. The third-order valence-electron chi connectivity index (χ3n) is 2.88. The summed E-state index contributed by atoms with van der Waals surface area (Å²) >= 11 is 0.863. The monoisotopic (exact) mass is 337 g/mol. The molecule has 0 unspecified atom stereocenters. The summed E-state index contributed by atoms with van der Waals surface area (Å²) in [4.78, 5) is 15.4. The highest BCUT2D eigenvalue weighted by molar-refractivity contribution is 7.99.